The minimum absolute atomic E-state index is 0.277. The van der Waals surface area contributed by atoms with Crippen molar-refractivity contribution in [1.82, 2.24) is 9.55 Å². The van der Waals surface area contributed by atoms with Gasteiger partial charge in [0.1, 0.15) is 5.82 Å². The van der Waals surface area contributed by atoms with Crippen LogP contribution in [-0.4, -0.2) is 20.8 Å². The lowest BCUT2D eigenvalue weighted by atomic mass is 10.1. The number of aliphatic hydroxyl groups excluding tert-OH is 1. The van der Waals surface area contributed by atoms with Crippen molar-refractivity contribution in [3.63, 3.8) is 0 Å². The van der Waals surface area contributed by atoms with Crippen LogP contribution in [0.1, 0.15) is 12.1 Å². The molecule has 2 heterocycles. The largest absolute Gasteiger partial charge is 0.398 e. The van der Waals surface area contributed by atoms with Gasteiger partial charge in [-0.05, 0) is 25.0 Å². The van der Waals surface area contributed by atoms with Crippen molar-refractivity contribution in [2.24, 2.45) is 0 Å². The van der Waals surface area contributed by atoms with Gasteiger partial charge in [0, 0.05) is 23.1 Å². The van der Waals surface area contributed by atoms with Crippen molar-refractivity contribution in [2.75, 3.05) is 5.73 Å². The number of benzene rings is 1. The highest BCUT2D eigenvalue weighted by Crippen LogP contribution is 2.28. The van der Waals surface area contributed by atoms with Gasteiger partial charge in [-0.15, -0.1) is 0 Å². The van der Waals surface area contributed by atoms with E-state index in [1.807, 2.05) is 30.5 Å². The summed E-state index contributed by atoms with van der Waals surface area (Å²) in [7, 11) is 0. The molecule has 17 heavy (non-hydrogen) atoms. The van der Waals surface area contributed by atoms with Crippen LogP contribution in [0.4, 0.5) is 5.69 Å². The van der Waals surface area contributed by atoms with Crippen LogP contribution in [0.2, 0.25) is 0 Å². The molecule has 0 bridgehead atoms. The van der Waals surface area contributed by atoms with E-state index in [4.69, 9.17) is 5.73 Å². The van der Waals surface area contributed by atoms with Gasteiger partial charge < -0.3 is 15.4 Å². The Bertz CT molecular complexity index is 547. The molecule has 88 valence electrons. The minimum atomic E-state index is -0.277. The first-order chi connectivity index (χ1) is 8.25. The summed E-state index contributed by atoms with van der Waals surface area (Å²) in [5.41, 5.74) is 8.80. The molecule has 0 radical (unpaired) electrons. The normalized spacial score (nSPS) is 19.0. The molecule has 3 rings (SSSR count). The number of aliphatic hydroxyl groups is 1. The molecule has 0 aliphatic carbocycles. The van der Waals surface area contributed by atoms with Gasteiger partial charge in [-0.3, -0.25) is 0 Å². The van der Waals surface area contributed by atoms with Crippen LogP contribution in [0.5, 0.6) is 0 Å². The van der Waals surface area contributed by atoms with Crippen molar-refractivity contribution in [3.05, 3.63) is 36.2 Å². The standard InChI is InChI=1S/C13H15N3O/c14-12-4-2-1-3-11(12)13-15-7-9-5-6-10(17)8-16(9)13/h1-4,7,10,17H,5-6,8,14H2. The second-order valence-corrected chi connectivity index (χ2v) is 4.46. The second-order valence-electron chi connectivity index (χ2n) is 4.46. The Balaban J connectivity index is 2.11. The summed E-state index contributed by atoms with van der Waals surface area (Å²) in [5.74, 6) is 0.858. The molecule has 4 heteroatoms. The van der Waals surface area contributed by atoms with Crippen molar-refractivity contribution in [2.45, 2.75) is 25.5 Å². The van der Waals surface area contributed by atoms with Crippen molar-refractivity contribution in [3.8, 4) is 11.4 Å². The van der Waals surface area contributed by atoms with E-state index in [-0.39, 0.29) is 6.10 Å². The van der Waals surface area contributed by atoms with E-state index in [2.05, 4.69) is 9.55 Å². The molecule has 3 N–H and O–H groups in total. The third-order valence-electron chi connectivity index (χ3n) is 3.27. The summed E-state index contributed by atoms with van der Waals surface area (Å²) in [4.78, 5) is 4.44. The molecule has 0 saturated carbocycles. The second kappa shape index (κ2) is 3.89. The maximum absolute atomic E-state index is 9.74. The molecule has 2 aromatic rings. The van der Waals surface area contributed by atoms with Crippen LogP contribution in [0.25, 0.3) is 11.4 Å². The number of hydrogen-bond donors (Lipinski definition) is 2. The predicted octanol–water partition coefficient (Wildman–Crippen LogP) is 1.44. The molecule has 1 aromatic carbocycles. The van der Waals surface area contributed by atoms with Gasteiger partial charge in [-0.2, -0.15) is 0 Å². The molecule has 0 saturated heterocycles. The number of imidazole rings is 1. The van der Waals surface area contributed by atoms with E-state index in [1.165, 1.54) is 5.69 Å². The Morgan fingerprint density at radius 1 is 1.35 bits per heavy atom. The third-order valence-corrected chi connectivity index (χ3v) is 3.27. The number of aryl methyl sites for hydroxylation is 1. The molecular weight excluding hydrogens is 214 g/mol. The average molecular weight is 229 g/mol. The third kappa shape index (κ3) is 1.70. The monoisotopic (exact) mass is 229 g/mol. The lowest BCUT2D eigenvalue weighted by Gasteiger charge is -2.21. The van der Waals surface area contributed by atoms with Crippen LogP contribution in [0.15, 0.2) is 30.5 Å². The molecule has 1 aliphatic heterocycles. The molecule has 1 atom stereocenters. The average Bonchev–Trinajstić information content (AvgIpc) is 2.72. The quantitative estimate of drug-likeness (QED) is 0.727. The summed E-state index contributed by atoms with van der Waals surface area (Å²) in [6, 6.07) is 7.70. The zero-order chi connectivity index (χ0) is 11.8. The Kier molecular flexibility index (Phi) is 2.37. The lowest BCUT2D eigenvalue weighted by molar-refractivity contribution is 0.132. The minimum Gasteiger partial charge on any atom is -0.398 e. The molecule has 1 unspecified atom stereocenters. The van der Waals surface area contributed by atoms with E-state index >= 15 is 0 Å². The summed E-state index contributed by atoms with van der Waals surface area (Å²) in [6.45, 7) is 0.610. The fourth-order valence-electron chi connectivity index (χ4n) is 2.35. The first-order valence-electron chi connectivity index (χ1n) is 5.83. The number of nitrogens with two attached hydrogens (primary N) is 1. The predicted molar refractivity (Wildman–Crippen MR) is 66.4 cm³/mol. The van der Waals surface area contributed by atoms with Gasteiger partial charge in [0.2, 0.25) is 0 Å². The summed E-state index contributed by atoms with van der Waals surface area (Å²) in [6.07, 6.45) is 3.30. The highest BCUT2D eigenvalue weighted by molar-refractivity contribution is 5.71. The van der Waals surface area contributed by atoms with E-state index in [9.17, 15) is 5.11 Å². The van der Waals surface area contributed by atoms with Crippen LogP contribution >= 0.6 is 0 Å². The number of anilines is 1. The summed E-state index contributed by atoms with van der Waals surface area (Å²) >= 11 is 0. The van der Waals surface area contributed by atoms with Gasteiger partial charge in [-0.25, -0.2) is 4.98 Å². The van der Waals surface area contributed by atoms with Crippen molar-refractivity contribution in [1.29, 1.82) is 0 Å². The van der Waals surface area contributed by atoms with Crippen molar-refractivity contribution >= 4 is 5.69 Å². The summed E-state index contributed by atoms with van der Waals surface area (Å²) in [5, 5.41) is 9.74. The van der Waals surface area contributed by atoms with Crippen LogP contribution in [0.3, 0.4) is 0 Å². The topological polar surface area (TPSA) is 64.1 Å². The maximum Gasteiger partial charge on any atom is 0.142 e. The highest BCUT2D eigenvalue weighted by Gasteiger charge is 2.20. The smallest absolute Gasteiger partial charge is 0.142 e. The Morgan fingerprint density at radius 3 is 3.00 bits per heavy atom. The molecule has 0 fully saturated rings. The number of nitrogens with zero attached hydrogens (tertiary/aromatic N) is 2. The van der Waals surface area contributed by atoms with E-state index < -0.39 is 0 Å². The Hall–Kier alpha value is -1.81. The van der Waals surface area contributed by atoms with Gasteiger partial charge in [0.25, 0.3) is 0 Å². The Morgan fingerprint density at radius 2 is 2.18 bits per heavy atom. The number of hydrogen-bond acceptors (Lipinski definition) is 3. The number of nitrogen functional groups attached to an aromatic ring is 1. The number of aromatic nitrogens is 2. The SMILES string of the molecule is Nc1ccccc1-c1ncc2n1CC(O)CC2. The van der Waals surface area contributed by atoms with E-state index in [0.717, 1.165) is 29.9 Å². The zero-order valence-electron chi connectivity index (χ0n) is 9.50. The fourth-order valence-corrected chi connectivity index (χ4v) is 2.35. The van der Waals surface area contributed by atoms with Gasteiger partial charge >= 0.3 is 0 Å². The van der Waals surface area contributed by atoms with Crippen LogP contribution in [0, 0.1) is 0 Å². The molecule has 0 spiro atoms. The number of para-hydroxylation sites is 1. The molecule has 0 amide bonds. The summed E-state index contributed by atoms with van der Waals surface area (Å²) < 4.78 is 2.07. The van der Waals surface area contributed by atoms with E-state index in [1.54, 1.807) is 0 Å². The highest BCUT2D eigenvalue weighted by atomic mass is 16.3. The van der Waals surface area contributed by atoms with Crippen molar-refractivity contribution < 1.29 is 5.11 Å². The lowest BCUT2D eigenvalue weighted by Crippen LogP contribution is -2.24. The van der Waals surface area contributed by atoms with Crippen LogP contribution < -0.4 is 5.73 Å². The Labute approximate surface area is 99.7 Å². The van der Waals surface area contributed by atoms with Gasteiger partial charge in [-0.1, -0.05) is 12.1 Å². The van der Waals surface area contributed by atoms with E-state index in [0.29, 0.717) is 6.54 Å². The van der Waals surface area contributed by atoms with Crippen LogP contribution in [-0.2, 0) is 13.0 Å². The molecule has 1 aromatic heterocycles. The van der Waals surface area contributed by atoms with Gasteiger partial charge in [0.15, 0.2) is 0 Å². The number of fused-ring (bicyclic) bond motifs is 1. The first kappa shape index (κ1) is 10.4. The molecule has 1 aliphatic rings. The molecule has 4 nitrogen and oxygen atoms in total. The molecular formula is C13H15N3O. The van der Waals surface area contributed by atoms with Gasteiger partial charge in [0.05, 0.1) is 12.6 Å². The fraction of sp³-hybridized carbons (Fsp3) is 0.308. The zero-order valence-corrected chi connectivity index (χ0v) is 9.50. The first-order valence-corrected chi connectivity index (χ1v) is 5.83. The maximum atomic E-state index is 9.74. The number of rotatable bonds is 1.